The summed E-state index contributed by atoms with van der Waals surface area (Å²) in [5.74, 6) is 0. The van der Waals surface area contributed by atoms with Crippen molar-refractivity contribution in [2.75, 3.05) is 31.1 Å². The largest absolute Gasteiger partial charge is 0.369 e. The third-order valence-electron chi connectivity index (χ3n) is 4.13. The van der Waals surface area contributed by atoms with Crippen molar-refractivity contribution >= 4 is 27.1 Å². The summed E-state index contributed by atoms with van der Waals surface area (Å²) in [6.45, 7) is 2.39. The van der Waals surface area contributed by atoms with Crippen LogP contribution in [0.5, 0.6) is 0 Å². The van der Waals surface area contributed by atoms with Gasteiger partial charge in [-0.15, -0.1) is 0 Å². The molecular formula is C17H17ClF2N2O2S. The smallest absolute Gasteiger partial charge is 0.267 e. The van der Waals surface area contributed by atoms with E-state index < -0.39 is 26.7 Å². The lowest BCUT2D eigenvalue weighted by molar-refractivity contribution is 0.148. The Morgan fingerprint density at radius 2 is 1.64 bits per heavy atom. The van der Waals surface area contributed by atoms with Crippen molar-refractivity contribution in [2.24, 2.45) is 0 Å². The van der Waals surface area contributed by atoms with Crippen molar-refractivity contribution in [3.05, 3.63) is 53.1 Å². The molecule has 1 aliphatic rings. The van der Waals surface area contributed by atoms with Gasteiger partial charge in [0.25, 0.3) is 6.43 Å². The van der Waals surface area contributed by atoms with Gasteiger partial charge < -0.3 is 10.2 Å². The Morgan fingerprint density at radius 1 is 1.00 bits per heavy atom. The number of hydrogen-bond donors (Lipinski definition) is 1. The fourth-order valence-electron chi connectivity index (χ4n) is 2.95. The normalized spacial score (nSPS) is 15.6. The van der Waals surface area contributed by atoms with Crippen LogP contribution >= 0.6 is 11.6 Å². The lowest BCUT2D eigenvalue weighted by Gasteiger charge is -2.31. The van der Waals surface area contributed by atoms with Crippen molar-refractivity contribution in [3.63, 3.8) is 0 Å². The van der Waals surface area contributed by atoms with E-state index in [2.05, 4.69) is 5.32 Å². The number of hydrogen-bond acceptors (Lipinski definition) is 4. The van der Waals surface area contributed by atoms with Gasteiger partial charge in [-0.1, -0.05) is 29.8 Å². The van der Waals surface area contributed by atoms with E-state index in [0.717, 1.165) is 0 Å². The molecule has 3 rings (SSSR count). The van der Waals surface area contributed by atoms with E-state index in [9.17, 15) is 17.2 Å². The van der Waals surface area contributed by atoms with Crippen LogP contribution in [-0.4, -0.2) is 34.6 Å². The van der Waals surface area contributed by atoms with Gasteiger partial charge in [0.15, 0.2) is 0 Å². The van der Waals surface area contributed by atoms with Crippen molar-refractivity contribution in [1.82, 2.24) is 5.32 Å². The molecule has 1 saturated heterocycles. The van der Waals surface area contributed by atoms with Crippen LogP contribution in [0, 0.1) is 0 Å². The first-order valence-corrected chi connectivity index (χ1v) is 9.65. The van der Waals surface area contributed by atoms with Gasteiger partial charge in [-0.05, 0) is 24.3 Å². The molecule has 1 N–H and O–H groups in total. The lowest BCUT2D eigenvalue weighted by Crippen LogP contribution is -2.44. The summed E-state index contributed by atoms with van der Waals surface area (Å²) in [7, 11) is -4.16. The molecular weight excluding hydrogens is 370 g/mol. The molecule has 0 unspecified atom stereocenters. The Labute approximate surface area is 150 Å². The molecule has 0 radical (unpaired) electrons. The molecule has 4 nitrogen and oxygen atoms in total. The van der Waals surface area contributed by atoms with E-state index >= 15 is 0 Å². The van der Waals surface area contributed by atoms with Gasteiger partial charge in [0, 0.05) is 31.9 Å². The molecule has 1 fully saturated rings. The van der Waals surface area contributed by atoms with Crippen molar-refractivity contribution in [2.45, 2.75) is 16.2 Å². The second kappa shape index (κ2) is 7.27. The number of alkyl halides is 2. The summed E-state index contributed by atoms with van der Waals surface area (Å²) < 4.78 is 53.6. The molecule has 0 aromatic heterocycles. The van der Waals surface area contributed by atoms with Crippen LogP contribution in [0.15, 0.2) is 52.3 Å². The van der Waals surface area contributed by atoms with Crippen molar-refractivity contribution in [1.29, 1.82) is 0 Å². The topological polar surface area (TPSA) is 49.4 Å². The fourth-order valence-corrected chi connectivity index (χ4v) is 4.95. The number of sulfone groups is 1. The first kappa shape index (κ1) is 18.1. The van der Waals surface area contributed by atoms with E-state index in [1.165, 1.54) is 30.3 Å². The molecule has 134 valence electrons. The maximum Gasteiger partial charge on any atom is 0.267 e. The summed E-state index contributed by atoms with van der Waals surface area (Å²) in [6, 6.07) is 10.1. The van der Waals surface area contributed by atoms with Gasteiger partial charge in [0.2, 0.25) is 9.84 Å². The summed E-state index contributed by atoms with van der Waals surface area (Å²) in [5.41, 5.74) is -0.214. The summed E-state index contributed by atoms with van der Waals surface area (Å²) in [5, 5.41) is 3.16. The second-order valence-electron chi connectivity index (χ2n) is 5.66. The molecule has 8 heteroatoms. The number of piperazine rings is 1. The maximum atomic E-state index is 13.8. The molecule has 2 aromatic rings. The zero-order valence-corrected chi connectivity index (χ0v) is 14.8. The lowest BCUT2D eigenvalue weighted by atomic mass is 10.1. The first-order valence-electron chi connectivity index (χ1n) is 7.79. The van der Waals surface area contributed by atoms with E-state index in [0.29, 0.717) is 26.2 Å². The van der Waals surface area contributed by atoms with E-state index in [1.807, 2.05) is 0 Å². The number of rotatable bonds is 4. The fraction of sp³-hybridized carbons (Fsp3) is 0.294. The Balaban J connectivity index is 2.18. The Bertz CT molecular complexity index is 869. The predicted molar refractivity (Wildman–Crippen MR) is 93.4 cm³/mol. The maximum absolute atomic E-state index is 13.8. The van der Waals surface area contributed by atoms with Crippen LogP contribution in [-0.2, 0) is 9.84 Å². The third kappa shape index (κ3) is 3.49. The highest BCUT2D eigenvalue weighted by Crippen LogP contribution is 2.39. The number of nitrogens with zero attached hydrogens (tertiary/aromatic N) is 1. The summed E-state index contributed by atoms with van der Waals surface area (Å²) in [6.07, 6.45) is -2.92. The van der Waals surface area contributed by atoms with Crippen molar-refractivity contribution < 1.29 is 17.2 Å². The summed E-state index contributed by atoms with van der Waals surface area (Å²) >= 11 is 5.99. The second-order valence-corrected chi connectivity index (χ2v) is 7.95. The molecule has 25 heavy (non-hydrogen) atoms. The van der Waals surface area contributed by atoms with Crippen LogP contribution in [0.2, 0.25) is 5.02 Å². The van der Waals surface area contributed by atoms with Gasteiger partial charge >= 0.3 is 0 Å². The van der Waals surface area contributed by atoms with Gasteiger partial charge in [0.05, 0.1) is 20.4 Å². The highest BCUT2D eigenvalue weighted by Gasteiger charge is 2.30. The predicted octanol–water partition coefficient (Wildman–Crippen LogP) is 3.52. The molecule has 0 amide bonds. The molecule has 0 atom stereocenters. The monoisotopic (exact) mass is 386 g/mol. The number of halogens is 3. The summed E-state index contributed by atoms with van der Waals surface area (Å²) in [4.78, 5) is 1.21. The van der Waals surface area contributed by atoms with Gasteiger partial charge in [-0.25, -0.2) is 17.2 Å². The van der Waals surface area contributed by atoms with Gasteiger partial charge in [-0.3, -0.25) is 0 Å². The zero-order chi connectivity index (χ0) is 18.0. The molecule has 1 aliphatic heterocycles. The molecule has 0 saturated carbocycles. The SMILES string of the molecule is O=S(=O)(c1ccccc1Cl)c1cccc(N2CCNCC2)c1C(F)F. The Morgan fingerprint density at radius 3 is 2.28 bits per heavy atom. The first-order chi connectivity index (χ1) is 11.9. The average molecular weight is 387 g/mol. The number of anilines is 1. The van der Waals surface area contributed by atoms with E-state index in [-0.39, 0.29) is 15.6 Å². The highest BCUT2D eigenvalue weighted by atomic mass is 35.5. The molecule has 0 bridgehead atoms. The minimum absolute atomic E-state index is 0.00953. The number of benzene rings is 2. The highest BCUT2D eigenvalue weighted by molar-refractivity contribution is 7.91. The average Bonchev–Trinajstić information content (AvgIpc) is 2.62. The van der Waals surface area contributed by atoms with Gasteiger partial charge in [-0.2, -0.15) is 0 Å². The minimum atomic E-state index is -4.16. The molecule has 1 heterocycles. The quantitative estimate of drug-likeness (QED) is 0.873. The molecule has 0 aliphatic carbocycles. The number of nitrogens with one attached hydrogen (secondary N) is 1. The molecule has 2 aromatic carbocycles. The van der Waals surface area contributed by atoms with E-state index in [4.69, 9.17) is 11.6 Å². The Kier molecular flexibility index (Phi) is 5.27. The standard InChI is InChI=1S/C17H17ClF2N2O2S/c18-12-4-1-2-6-14(12)25(23,24)15-7-3-5-13(16(15)17(19)20)22-10-8-21-9-11-22/h1-7,17,21H,8-11H2. The third-order valence-corrected chi connectivity index (χ3v) is 6.45. The van der Waals surface area contributed by atoms with Crippen molar-refractivity contribution in [3.8, 4) is 0 Å². The zero-order valence-electron chi connectivity index (χ0n) is 13.3. The minimum Gasteiger partial charge on any atom is -0.369 e. The van der Waals surface area contributed by atoms with Crippen LogP contribution in [0.4, 0.5) is 14.5 Å². The van der Waals surface area contributed by atoms with E-state index in [1.54, 1.807) is 17.0 Å². The molecule has 0 spiro atoms. The van der Waals surface area contributed by atoms with Crippen LogP contribution in [0.25, 0.3) is 0 Å². The Hall–Kier alpha value is -1.70. The van der Waals surface area contributed by atoms with Crippen LogP contribution < -0.4 is 10.2 Å². The van der Waals surface area contributed by atoms with Crippen LogP contribution in [0.1, 0.15) is 12.0 Å². The van der Waals surface area contributed by atoms with Crippen LogP contribution in [0.3, 0.4) is 0 Å². The van der Waals surface area contributed by atoms with Gasteiger partial charge in [0.1, 0.15) is 0 Å².